The van der Waals surface area contributed by atoms with Crippen LogP contribution in [-0.4, -0.2) is 50.3 Å². The van der Waals surface area contributed by atoms with Crippen LogP contribution in [0.1, 0.15) is 46.0 Å². The highest BCUT2D eigenvalue weighted by atomic mass is 16.5. The Hall–Kier alpha value is -0.610. The lowest BCUT2D eigenvalue weighted by atomic mass is 9.94. The second kappa shape index (κ2) is 10.2. The largest absolute Gasteiger partial charge is 0.465 e. The fraction of sp³-hybridized carbons (Fsp3) is 0.933. The molecule has 0 saturated carbocycles. The molecule has 0 spiro atoms. The first-order valence-electron chi connectivity index (χ1n) is 7.72. The van der Waals surface area contributed by atoms with Crippen molar-refractivity contribution in [3.8, 4) is 0 Å². The van der Waals surface area contributed by atoms with Crippen molar-refractivity contribution in [2.75, 3.05) is 39.5 Å². The van der Waals surface area contributed by atoms with Gasteiger partial charge in [-0.1, -0.05) is 19.8 Å². The summed E-state index contributed by atoms with van der Waals surface area (Å²) in [5.74, 6) is 0.752. The number of ether oxygens (including phenoxy) is 2. The van der Waals surface area contributed by atoms with Gasteiger partial charge in [-0.2, -0.15) is 0 Å². The van der Waals surface area contributed by atoms with Gasteiger partial charge in [0.25, 0.3) is 0 Å². The maximum Gasteiger partial charge on any atom is 0.320 e. The van der Waals surface area contributed by atoms with Crippen LogP contribution in [0.4, 0.5) is 0 Å². The van der Waals surface area contributed by atoms with Gasteiger partial charge in [-0.15, -0.1) is 0 Å². The van der Waals surface area contributed by atoms with E-state index in [0.29, 0.717) is 13.2 Å². The summed E-state index contributed by atoms with van der Waals surface area (Å²) in [5.41, 5.74) is 0. The smallest absolute Gasteiger partial charge is 0.320 e. The molecule has 0 radical (unpaired) electrons. The van der Waals surface area contributed by atoms with E-state index in [4.69, 9.17) is 9.47 Å². The number of rotatable bonds is 9. The van der Waals surface area contributed by atoms with E-state index in [2.05, 4.69) is 11.8 Å². The van der Waals surface area contributed by atoms with E-state index < -0.39 is 0 Å². The number of hydrogen-bond acceptors (Lipinski definition) is 4. The highest BCUT2D eigenvalue weighted by Crippen LogP contribution is 2.20. The summed E-state index contributed by atoms with van der Waals surface area (Å²) in [4.78, 5) is 13.6. The third kappa shape index (κ3) is 7.53. The summed E-state index contributed by atoms with van der Waals surface area (Å²) in [7, 11) is 0. The van der Waals surface area contributed by atoms with E-state index in [1.807, 2.05) is 6.92 Å². The molecule has 1 rings (SSSR count). The number of carbonyl (C=O) groups is 1. The Morgan fingerprint density at radius 1 is 1.26 bits per heavy atom. The minimum Gasteiger partial charge on any atom is -0.465 e. The maximum atomic E-state index is 11.4. The molecule has 19 heavy (non-hydrogen) atoms. The highest BCUT2D eigenvalue weighted by Gasteiger charge is 2.14. The van der Waals surface area contributed by atoms with E-state index in [-0.39, 0.29) is 5.97 Å². The van der Waals surface area contributed by atoms with Gasteiger partial charge in [0.15, 0.2) is 0 Å². The highest BCUT2D eigenvalue weighted by molar-refractivity contribution is 5.71. The molecule has 0 aromatic carbocycles. The van der Waals surface area contributed by atoms with Crippen molar-refractivity contribution in [1.82, 2.24) is 4.90 Å². The summed E-state index contributed by atoms with van der Waals surface area (Å²) in [6.45, 7) is 8.64. The van der Waals surface area contributed by atoms with Crippen molar-refractivity contribution in [2.24, 2.45) is 5.92 Å². The molecule has 112 valence electrons. The van der Waals surface area contributed by atoms with Gasteiger partial charge in [0.05, 0.1) is 13.2 Å². The molecule has 4 nitrogen and oxygen atoms in total. The molecule has 1 heterocycles. The topological polar surface area (TPSA) is 38.8 Å². The normalized spacial score (nSPS) is 16.8. The monoisotopic (exact) mass is 271 g/mol. The van der Waals surface area contributed by atoms with Crippen molar-refractivity contribution in [3.63, 3.8) is 0 Å². The van der Waals surface area contributed by atoms with E-state index in [1.54, 1.807) is 0 Å². The molecule has 0 aromatic heterocycles. The third-order valence-electron chi connectivity index (χ3n) is 3.78. The fourth-order valence-corrected chi connectivity index (χ4v) is 2.54. The van der Waals surface area contributed by atoms with Crippen LogP contribution < -0.4 is 0 Å². The van der Waals surface area contributed by atoms with Crippen LogP contribution in [0.5, 0.6) is 0 Å². The second-order valence-corrected chi connectivity index (χ2v) is 5.23. The predicted octanol–water partition coefficient (Wildman–Crippen LogP) is 2.47. The van der Waals surface area contributed by atoms with Gasteiger partial charge in [0.1, 0.15) is 0 Å². The Kier molecular flexibility index (Phi) is 8.84. The first kappa shape index (κ1) is 16.4. The van der Waals surface area contributed by atoms with Crippen molar-refractivity contribution in [1.29, 1.82) is 0 Å². The van der Waals surface area contributed by atoms with Crippen molar-refractivity contribution >= 4 is 5.97 Å². The molecule has 1 fully saturated rings. The van der Waals surface area contributed by atoms with Crippen LogP contribution in [0, 0.1) is 5.92 Å². The average molecular weight is 271 g/mol. The molecule has 0 bridgehead atoms. The van der Waals surface area contributed by atoms with Gasteiger partial charge in [0, 0.05) is 13.2 Å². The molecule has 0 aromatic rings. The molecule has 1 aliphatic rings. The first-order chi connectivity index (χ1) is 9.26. The Bertz CT molecular complexity index is 240. The maximum absolute atomic E-state index is 11.4. The molecule has 0 amide bonds. The van der Waals surface area contributed by atoms with Crippen LogP contribution in [0.2, 0.25) is 0 Å². The van der Waals surface area contributed by atoms with E-state index in [1.165, 1.54) is 32.1 Å². The molecule has 0 N–H and O–H groups in total. The van der Waals surface area contributed by atoms with E-state index in [9.17, 15) is 4.79 Å². The van der Waals surface area contributed by atoms with Gasteiger partial charge in [-0.3, -0.25) is 9.69 Å². The fourth-order valence-electron chi connectivity index (χ4n) is 2.54. The first-order valence-corrected chi connectivity index (χ1v) is 7.72. The van der Waals surface area contributed by atoms with Gasteiger partial charge < -0.3 is 9.47 Å². The minimum absolute atomic E-state index is 0.103. The summed E-state index contributed by atoms with van der Waals surface area (Å²) < 4.78 is 10.3. The molecular formula is C15H29NO3. The van der Waals surface area contributed by atoms with Crippen molar-refractivity contribution < 1.29 is 14.3 Å². The second-order valence-electron chi connectivity index (χ2n) is 5.23. The van der Waals surface area contributed by atoms with Gasteiger partial charge >= 0.3 is 5.97 Å². The lowest BCUT2D eigenvalue weighted by molar-refractivity contribution is -0.144. The molecule has 1 saturated heterocycles. The zero-order valence-electron chi connectivity index (χ0n) is 12.5. The summed E-state index contributed by atoms with van der Waals surface area (Å²) in [5, 5.41) is 0. The quantitative estimate of drug-likeness (QED) is 0.477. The number of carbonyl (C=O) groups excluding carboxylic acids is 1. The van der Waals surface area contributed by atoms with E-state index >= 15 is 0 Å². The molecule has 4 heteroatoms. The Labute approximate surface area is 117 Å². The van der Waals surface area contributed by atoms with Gasteiger partial charge in [0.2, 0.25) is 0 Å². The van der Waals surface area contributed by atoms with Crippen LogP contribution in [0.15, 0.2) is 0 Å². The molecule has 0 atom stereocenters. The number of unbranched alkanes of at least 4 members (excludes halogenated alkanes) is 1. The number of hydrogen-bond donors (Lipinski definition) is 0. The summed E-state index contributed by atoms with van der Waals surface area (Å²) in [6, 6.07) is 0. The Morgan fingerprint density at radius 3 is 2.63 bits per heavy atom. The molecular weight excluding hydrogens is 242 g/mol. The van der Waals surface area contributed by atoms with Crippen molar-refractivity contribution in [3.05, 3.63) is 0 Å². The minimum atomic E-state index is -0.103. The zero-order chi connectivity index (χ0) is 13.9. The van der Waals surface area contributed by atoms with Crippen molar-refractivity contribution in [2.45, 2.75) is 46.0 Å². The lowest BCUT2D eigenvalue weighted by Crippen LogP contribution is -2.31. The Balaban J connectivity index is 2.06. The number of likely N-dealkylation sites (N-methyl/N-ethyl adjacent to an activating group) is 1. The lowest BCUT2D eigenvalue weighted by Gasteiger charge is -2.23. The zero-order valence-corrected chi connectivity index (χ0v) is 12.5. The number of esters is 1. The van der Waals surface area contributed by atoms with Crippen LogP contribution in [0.3, 0.4) is 0 Å². The number of nitrogens with zero attached hydrogens (tertiary/aromatic N) is 1. The predicted molar refractivity (Wildman–Crippen MR) is 76.1 cm³/mol. The summed E-state index contributed by atoms with van der Waals surface area (Å²) in [6.07, 6.45) is 6.18. The van der Waals surface area contributed by atoms with E-state index in [0.717, 1.165) is 32.2 Å². The Morgan fingerprint density at radius 2 is 2.00 bits per heavy atom. The SMILES string of the molecule is CCOC(=O)CN(CC)CCCCC1CCOCC1. The molecule has 1 aliphatic heterocycles. The molecule has 0 aliphatic carbocycles. The van der Waals surface area contributed by atoms with Gasteiger partial charge in [-0.05, 0) is 45.2 Å². The van der Waals surface area contributed by atoms with Crippen LogP contribution in [-0.2, 0) is 14.3 Å². The summed E-state index contributed by atoms with van der Waals surface area (Å²) >= 11 is 0. The standard InChI is InChI=1S/C15H29NO3/c1-3-16(13-15(17)19-4-2)10-6-5-7-14-8-11-18-12-9-14/h14H,3-13H2,1-2H3. The average Bonchev–Trinajstić information content (AvgIpc) is 2.43. The van der Waals surface area contributed by atoms with Crippen LogP contribution >= 0.6 is 0 Å². The van der Waals surface area contributed by atoms with Gasteiger partial charge in [-0.25, -0.2) is 0 Å². The molecule has 0 unspecified atom stereocenters. The third-order valence-corrected chi connectivity index (χ3v) is 3.78. The van der Waals surface area contributed by atoms with Crippen LogP contribution in [0.25, 0.3) is 0 Å².